The summed E-state index contributed by atoms with van der Waals surface area (Å²) in [7, 11) is 0. The summed E-state index contributed by atoms with van der Waals surface area (Å²) < 4.78 is 2.10. The number of amides is 1. The number of hydrogen-bond donors (Lipinski definition) is 1. The van der Waals surface area contributed by atoms with Crippen LogP contribution in [0.5, 0.6) is 0 Å². The maximum Gasteiger partial charge on any atom is 0.249 e. The van der Waals surface area contributed by atoms with Crippen LogP contribution >= 0.6 is 0 Å². The van der Waals surface area contributed by atoms with Gasteiger partial charge in [0.25, 0.3) is 0 Å². The zero-order valence-electron chi connectivity index (χ0n) is 15.1. The number of nitrogens with zero attached hydrogens (tertiary/aromatic N) is 3. The summed E-state index contributed by atoms with van der Waals surface area (Å²) in [5.74, 6) is -0.409. The molecular weight excluding hydrogens is 324 g/mol. The lowest BCUT2D eigenvalue weighted by atomic mass is 9.99. The number of carbonyl (C=O) groups excluding carboxylic acids is 1. The second kappa shape index (κ2) is 6.92. The molecule has 134 valence electrons. The van der Waals surface area contributed by atoms with Crippen LogP contribution in [0.15, 0.2) is 48.7 Å². The van der Waals surface area contributed by atoms with Crippen LogP contribution in [0.1, 0.15) is 36.2 Å². The van der Waals surface area contributed by atoms with Crippen molar-refractivity contribution in [1.29, 1.82) is 0 Å². The van der Waals surface area contributed by atoms with Gasteiger partial charge in [0.15, 0.2) is 0 Å². The van der Waals surface area contributed by atoms with Gasteiger partial charge in [-0.3, -0.25) is 9.48 Å². The second-order valence-corrected chi connectivity index (χ2v) is 6.94. The maximum atomic E-state index is 12.0. The highest BCUT2D eigenvalue weighted by molar-refractivity contribution is 6.07. The van der Waals surface area contributed by atoms with Crippen molar-refractivity contribution in [1.82, 2.24) is 14.7 Å². The molecule has 0 spiro atoms. The van der Waals surface area contributed by atoms with E-state index in [1.165, 1.54) is 0 Å². The summed E-state index contributed by atoms with van der Waals surface area (Å²) >= 11 is 0. The molecule has 2 aromatic carbocycles. The first-order chi connectivity index (χ1) is 12.7. The molecule has 2 N–H and O–H groups in total. The number of carbonyl (C=O) groups is 1. The summed E-state index contributed by atoms with van der Waals surface area (Å²) in [5.41, 5.74) is 9.28. The predicted octanol–water partition coefficient (Wildman–Crippen LogP) is 3.46. The number of nitrogens with two attached hydrogens (primary N) is 1. The highest BCUT2D eigenvalue weighted by atomic mass is 16.1. The fraction of sp³-hybridized carbons (Fsp3) is 0.333. The SMILES string of the molecule is CCN1CCC(n2ncc3c(C(N)=O)cc(-c4ccccc4)cc32)CC1. The number of piperidine rings is 1. The average Bonchev–Trinajstić information content (AvgIpc) is 3.11. The van der Waals surface area contributed by atoms with Gasteiger partial charge in [0.2, 0.25) is 5.91 Å². The van der Waals surface area contributed by atoms with Gasteiger partial charge in [-0.1, -0.05) is 37.3 Å². The number of benzene rings is 2. The first kappa shape index (κ1) is 16.8. The third kappa shape index (κ3) is 2.99. The zero-order chi connectivity index (χ0) is 18.1. The van der Waals surface area contributed by atoms with Crippen LogP contribution in [0.3, 0.4) is 0 Å². The second-order valence-electron chi connectivity index (χ2n) is 6.94. The molecule has 0 radical (unpaired) electrons. The molecule has 0 unspecified atom stereocenters. The number of hydrogen-bond acceptors (Lipinski definition) is 3. The molecule has 5 nitrogen and oxygen atoms in total. The molecule has 1 aromatic heterocycles. The summed E-state index contributed by atoms with van der Waals surface area (Å²) in [6.45, 7) is 5.47. The molecule has 1 fully saturated rings. The highest BCUT2D eigenvalue weighted by Gasteiger charge is 2.23. The molecule has 2 heterocycles. The first-order valence-corrected chi connectivity index (χ1v) is 9.26. The quantitative estimate of drug-likeness (QED) is 0.785. The minimum absolute atomic E-state index is 0.363. The lowest BCUT2D eigenvalue weighted by Crippen LogP contribution is -2.34. The van der Waals surface area contributed by atoms with Gasteiger partial charge in [0.1, 0.15) is 0 Å². The van der Waals surface area contributed by atoms with Crippen LogP contribution in [-0.2, 0) is 0 Å². The van der Waals surface area contributed by atoms with Crippen molar-refractivity contribution in [2.24, 2.45) is 5.73 Å². The molecular formula is C21H24N4O. The predicted molar refractivity (Wildman–Crippen MR) is 104 cm³/mol. The van der Waals surface area contributed by atoms with Crippen molar-refractivity contribution in [3.8, 4) is 11.1 Å². The Labute approximate surface area is 153 Å². The van der Waals surface area contributed by atoms with E-state index >= 15 is 0 Å². The zero-order valence-corrected chi connectivity index (χ0v) is 15.1. The van der Waals surface area contributed by atoms with E-state index in [2.05, 4.69) is 27.7 Å². The molecule has 4 rings (SSSR count). The fourth-order valence-corrected chi connectivity index (χ4v) is 3.92. The van der Waals surface area contributed by atoms with Crippen LogP contribution in [0, 0.1) is 0 Å². The topological polar surface area (TPSA) is 64.2 Å². The van der Waals surface area contributed by atoms with Gasteiger partial charge in [-0.15, -0.1) is 0 Å². The van der Waals surface area contributed by atoms with Crippen molar-refractivity contribution >= 4 is 16.8 Å². The molecule has 5 heteroatoms. The summed E-state index contributed by atoms with van der Waals surface area (Å²) in [6.07, 6.45) is 3.94. The third-order valence-corrected chi connectivity index (χ3v) is 5.44. The molecule has 1 aliphatic heterocycles. The number of rotatable bonds is 4. The van der Waals surface area contributed by atoms with Gasteiger partial charge in [-0.25, -0.2) is 0 Å². The third-order valence-electron chi connectivity index (χ3n) is 5.44. The highest BCUT2D eigenvalue weighted by Crippen LogP contribution is 2.31. The first-order valence-electron chi connectivity index (χ1n) is 9.26. The fourth-order valence-electron chi connectivity index (χ4n) is 3.92. The molecule has 0 atom stereocenters. The number of fused-ring (bicyclic) bond motifs is 1. The molecule has 0 saturated carbocycles. The summed E-state index contributed by atoms with van der Waals surface area (Å²) in [5, 5.41) is 5.48. The number of primary amides is 1. The van der Waals surface area contributed by atoms with E-state index in [9.17, 15) is 4.79 Å². The summed E-state index contributed by atoms with van der Waals surface area (Å²) in [6, 6.07) is 14.5. The molecule has 3 aromatic rings. The Bertz CT molecular complexity index is 924. The largest absolute Gasteiger partial charge is 0.366 e. The van der Waals surface area contributed by atoms with Crippen LogP contribution < -0.4 is 5.73 Å². The minimum atomic E-state index is -0.409. The standard InChI is InChI=1S/C21H24N4O/c1-2-24-10-8-17(9-11-24)25-20-13-16(15-6-4-3-5-7-15)12-18(21(22)26)19(20)14-23-25/h3-7,12-14,17H,2,8-11H2,1H3,(H2,22,26). The maximum absolute atomic E-state index is 12.0. The van der Waals surface area contributed by atoms with Crippen molar-refractivity contribution in [2.75, 3.05) is 19.6 Å². The van der Waals surface area contributed by atoms with Gasteiger partial charge in [-0.05, 0) is 42.6 Å². The van der Waals surface area contributed by atoms with Gasteiger partial charge in [0.05, 0.1) is 23.3 Å². The molecule has 1 aliphatic rings. The van der Waals surface area contributed by atoms with Crippen LogP contribution in [-0.4, -0.2) is 40.2 Å². The Balaban J connectivity index is 1.81. The minimum Gasteiger partial charge on any atom is -0.366 e. The van der Waals surface area contributed by atoms with Crippen molar-refractivity contribution in [2.45, 2.75) is 25.8 Å². The van der Waals surface area contributed by atoms with Gasteiger partial charge >= 0.3 is 0 Å². The average molecular weight is 348 g/mol. The molecule has 1 saturated heterocycles. The van der Waals surface area contributed by atoms with Crippen molar-refractivity contribution in [3.05, 3.63) is 54.2 Å². The van der Waals surface area contributed by atoms with Crippen LogP contribution in [0.4, 0.5) is 0 Å². The monoisotopic (exact) mass is 348 g/mol. The van der Waals surface area contributed by atoms with Gasteiger partial charge in [0, 0.05) is 18.5 Å². The molecule has 26 heavy (non-hydrogen) atoms. The smallest absolute Gasteiger partial charge is 0.249 e. The van der Waals surface area contributed by atoms with E-state index in [1.54, 1.807) is 6.20 Å². The van der Waals surface area contributed by atoms with Gasteiger partial charge in [-0.2, -0.15) is 5.10 Å². The normalized spacial score (nSPS) is 16.2. The molecule has 1 amide bonds. The van der Waals surface area contributed by atoms with Gasteiger partial charge < -0.3 is 10.6 Å². The van der Waals surface area contributed by atoms with E-state index in [0.29, 0.717) is 11.6 Å². The Morgan fingerprint density at radius 2 is 1.88 bits per heavy atom. The van der Waals surface area contributed by atoms with E-state index in [0.717, 1.165) is 54.5 Å². The van der Waals surface area contributed by atoms with E-state index in [1.807, 2.05) is 36.4 Å². The number of likely N-dealkylation sites (tertiary alicyclic amines) is 1. The van der Waals surface area contributed by atoms with Crippen molar-refractivity contribution in [3.63, 3.8) is 0 Å². The molecule has 0 bridgehead atoms. The Hall–Kier alpha value is -2.66. The van der Waals surface area contributed by atoms with Crippen molar-refractivity contribution < 1.29 is 4.79 Å². The van der Waals surface area contributed by atoms with E-state index in [4.69, 9.17) is 5.73 Å². The lowest BCUT2D eigenvalue weighted by molar-refractivity contribution is 0.100. The van der Waals surface area contributed by atoms with Crippen LogP contribution in [0.2, 0.25) is 0 Å². The molecule has 0 aliphatic carbocycles. The lowest BCUT2D eigenvalue weighted by Gasteiger charge is -2.31. The van der Waals surface area contributed by atoms with E-state index < -0.39 is 5.91 Å². The number of aromatic nitrogens is 2. The summed E-state index contributed by atoms with van der Waals surface area (Å²) in [4.78, 5) is 14.5. The van der Waals surface area contributed by atoms with Crippen LogP contribution in [0.25, 0.3) is 22.0 Å². The van der Waals surface area contributed by atoms with E-state index in [-0.39, 0.29) is 0 Å². The Morgan fingerprint density at radius 1 is 1.15 bits per heavy atom. The Morgan fingerprint density at radius 3 is 2.54 bits per heavy atom. The Kier molecular flexibility index (Phi) is 4.47.